The van der Waals surface area contributed by atoms with Gasteiger partial charge in [0.05, 0.1) is 11.6 Å². The Morgan fingerprint density at radius 1 is 0.882 bits per heavy atom. The summed E-state index contributed by atoms with van der Waals surface area (Å²) in [6, 6.07) is 23.1. The maximum atomic E-state index is 13.4. The van der Waals surface area contributed by atoms with Crippen LogP contribution in [0.15, 0.2) is 72.8 Å². The van der Waals surface area contributed by atoms with Gasteiger partial charge in [-0.05, 0) is 74.1 Å². The Balaban J connectivity index is 1.58. The number of benzene rings is 3. The molecule has 0 aliphatic carbocycles. The number of piperidine rings is 1. The van der Waals surface area contributed by atoms with Crippen molar-refractivity contribution in [2.75, 3.05) is 23.3 Å². The predicted octanol–water partition coefficient (Wildman–Crippen LogP) is 5.98. The van der Waals surface area contributed by atoms with Gasteiger partial charge in [0, 0.05) is 30.0 Å². The molecule has 1 saturated heterocycles. The van der Waals surface area contributed by atoms with Crippen molar-refractivity contribution in [3.8, 4) is 0 Å². The van der Waals surface area contributed by atoms with E-state index in [1.165, 1.54) is 12.0 Å². The second-order valence-corrected chi connectivity index (χ2v) is 8.89. The van der Waals surface area contributed by atoms with Crippen LogP contribution in [0, 0.1) is 0 Å². The van der Waals surface area contributed by atoms with E-state index < -0.39 is 0 Å². The molecule has 1 atom stereocenters. The minimum Gasteiger partial charge on any atom is -0.371 e. The van der Waals surface area contributed by atoms with Gasteiger partial charge < -0.3 is 15.5 Å². The van der Waals surface area contributed by atoms with Gasteiger partial charge in [0.25, 0.3) is 11.8 Å². The zero-order chi connectivity index (χ0) is 23.9. The van der Waals surface area contributed by atoms with Crippen LogP contribution in [-0.4, -0.2) is 24.9 Å². The molecule has 2 amide bonds. The van der Waals surface area contributed by atoms with E-state index in [0.717, 1.165) is 43.6 Å². The van der Waals surface area contributed by atoms with Crippen LogP contribution in [0.25, 0.3) is 0 Å². The third kappa shape index (κ3) is 5.66. The number of carbonyl (C=O) groups is 2. The molecule has 3 aromatic rings. The van der Waals surface area contributed by atoms with Gasteiger partial charge in [0.2, 0.25) is 0 Å². The summed E-state index contributed by atoms with van der Waals surface area (Å²) in [5, 5.41) is 6.11. The third-order valence-electron chi connectivity index (χ3n) is 6.47. The first kappa shape index (κ1) is 23.6. The molecule has 1 aliphatic rings. The van der Waals surface area contributed by atoms with Crippen molar-refractivity contribution >= 4 is 23.2 Å². The van der Waals surface area contributed by atoms with Crippen LogP contribution < -0.4 is 15.5 Å². The van der Waals surface area contributed by atoms with Gasteiger partial charge in [-0.3, -0.25) is 9.59 Å². The van der Waals surface area contributed by atoms with Gasteiger partial charge in [-0.2, -0.15) is 0 Å². The first-order valence-electron chi connectivity index (χ1n) is 12.2. The minimum atomic E-state index is -0.183. The smallest absolute Gasteiger partial charge is 0.255 e. The van der Waals surface area contributed by atoms with Gasteiger partial charge >= 0.3 is 0 Å². The number of carbonyl (C=O) groups excluding carboxylic acids is 2. The number of hydrogen-bond donors (Lipinski definition) is 2. The van der Waals surface area contributed by atoms with E-state index in [1.807, 2.05) is 73.7 Å². The highest BCUT2D eigenvalue weighted by Crippen LogP contribution is 2.28. The monoisotopic (exact) mass is 455 g/mol. The molecule has 1 unspecified atom stereocenters. The molecule has 0 aromatic heterocycles. The van der Waals surface area contributed by atoms with Crippen molar-refractivity contribution in [2.24, 2.45) is 0 Å². The standard InChI is InChI=1S/C29H33N3O2/c1-3-22-12-14-24(15-13-22)28(33)31-25-16-17-27(32-18-8-5-9-19-32)26(20-25)29(34)30-21(2)23-10-6-4-7-11-23/h4,6-7,10-17,20-21H,3,5,8-9,18-19H2,1-2H3,(H,30,34)(H,31,33). The largest absolute Gasteiger partial charge is 0.371 e. The molecule has 0 bridgehead atoms. The van der Waals surface area contributed by atoms with Crippen molar-refractivity contribution in [1.82, 2.24) is 5.32 Å². The summed E-state index contributed by atoms with van der Waals surface area (Å²) in [4.78, 5) is 28.5. The second-order valence-electron chi connectivity index (χ2n) is 8.89. The molecule has 5 nitrogen and oxygen atoms in total. The van der Waals surface area contributed by atoms with Crippen molar-refractivity contribution in [1.29, 1.82) is 0 Å². The van der Waals surface area contributed by atoms with Crippen LogP contribution in [0.3, 0.4) is 0 Å². The normalized spacial score (nSPS) is 14.4. The van der Waals surface area contributed by atoms with E-state index in [9.17, 15) is 9.59 Å². The van der Waals surface area contributed by atoms with E-state index in [1.54, 1.807) is 6.07 Å². The lowest BCUT2D eigenvalue weighted by Gasteiger charge is -2.31. The maximum absolute atomic E-state index is 13.4. The summed E-state index contributed by atoms with van der Waals surface area (Å²) < 4.78 is 0. The van der Waals surface area contributed by atoms with E-state index >= 15 is 0 Å². The van der Waals surface area contributed by atoms with Gasteiger partial charge in [0.1, 0.15) is 0 Å². The van der Waals surface area contributed by atoms with Crippen molar-refractivity contribution in [3.63, 3.8) is 0 Å². The lowest BCUT2D eigenvalue weighted by Crippen LogP contribution is -2.33. The average molecular weight is 456 g/mol. The average Bonchev–Trinajstić information content (AvgIpc) is 2.89. The van der Waals surface area contributed by atoms with E-state index in [4.69, 9.17) is 0 Å². The zero-order valence-corrected chi connectivity index (χ0v) is 20.0. The van der Waals surface area contributed by atoms with E-state index in [0.29, 0.717) is 16.8 Å². The van der Waals surface area contributed by atoms with Gasteiger partial charge in [-0.15, -0.1) is 0 Å². The van der Waals surface area contributed by atoms with Crippen molar-refractivity contribution in [3.05, 3.63) is 95.1 Å². The van der Waals surface area contributed by atoms with E-state index in [-0.39, 0.29) is 17.9 Å². The predicted molar refractivity (Wildman–Crippen MR) is 139 cm³/mol. The highest BCUT2D eigenvalue weighted by Gasteiger charge is 2.21. The molecular weight excluding hydrogens is 422 g/mol. The Hall–Kier alpha value is -3.60. The number of nitrogens with one attached hydrogen (secondary N) is 2. The maximum Gasteiger partial charge on any atom is 0.255 e. The topological polar surface area (TPSA) is 61.4 Å². The highest BCUT2D eigenvalue weighted by molar-refractivity contribution is 6.06. The number of amides is 2. The molecule has 0 spiro atoms. The van der Waals surface area contributed by atoms with Crippen LogP contribution in [0.5, 0.6) is 0 Å². The number of hydrogen-bond acceptors (Lipinski definition) is 3. The molecule has 5 heteroatoms. The quantitative estimate of drug-likeness (QED) is 0.460. The zero-order valence-electron chi connectivity index (χ0n) is 20.0. The Morgan fingerprint density at radius 3 is 2.26 bits per heavy atom. The van der Waals surface area contributed by atoms with Crippen LogP contribution in [0.4, 0.5) is 11.4 Å². The summed E-state index contributed by atoms with van der Waals surface area (Å²) >= 11 is 0. The lowest BCUT2D eigenvalue weighted by atomic mass is 10.0. The molecule has 1 heterocycles. The van der Waals surface area contributed by atoms with Crippen LogP contribution in [0.1, 0.15) is 71.0 Å². The molecule has 1 fully saturated rings. The number of nitrogens with zero attached hydrogens (tertiary/aromatic N) is 1. The molecule has 1 aliphatic heterocycles. The molecule has 0 saturated carbocycles. The fourth-order valence-electron chi connectivity index (χ4n) is 4.40. The fraction of sp³-hybridized carbons (Fsp3) is 0.310. The Labute approximate surface area is 202 Å². The summed E-state index contributed by atoms with van der Waals surface area (Å²) in [6.45, 7) is 5.94. The summed E-state index contributed by atoms with van der Waals surface area (Å²) in [5.74, 6) is -0.322. The summed E-state index contributed by atoms with van der Waals surface area (Å²) in [6.07, 6.45) is 4.38. The van der Waals surface area contributed by atoms with Crippen molar-refractivity contribution in [2.45, 2.75) is 45.6 Å². The Bertz CT molecular complexity index is 1120. The first-order valence-corrected chi connectivity index (χ1v) is 12.2. The second kappa shape index (κ2) is 11.0. The van der Waals surface area contributed by atoms with Crippen LogP contribution in [-0.2, 0) is 6.42 Å². The molecule has 3 aromatic carbocycles. The Kier molecular flexibility index (Phi) is 7.63. The molecular formula is C29H33N3O2. The fourth-order valence-corrected chi connectivity index (χ4v) is 4.40. The van der Waals surface area contributed by atoms with Gasteiger partial charge in [0.15, 0.2) is 0 Å². The number of anilines is 2. The molecule has 0 radical (unpaired) electrons. The third-order valence-corrected chi connectivity index (χ3v) is 6.47. The molecule has 2 N–H and O–H groups in total. The Morgan fingerprint density at radius 2 is 1.59 bits per heavy atom. The molecule has 34 heavy (non-hydrogen) atoms. The van der Waals surface area contributed by atoms with Gasteiger partial charge in [-0.1, -0.05) is 49.4 Å². The first-order chi connectivity index (χ1) is 16.5. The number of aryl methyl sites for hydroxylation is 1. The van der Waals surface area contributed by atoms with Crippen LogP contribution >= 0.6 is 0 Å². The van der Waals surface area contributed by atoms with E-state index in [2.05, 4.69) is 22.5 Å². The summed E-state index contributed by atoms with van der Waals surface area (Å²) in [7, 11) is 0. The number of rotatable bonds is 7. The van der Waals surface area contributed by atoms with Crippen LogP contribution in [0.2, 0.25) is 0 Å². The molecule has 4 rings (SSSR count). The van der Waals surface area contributed by atoms with Gasteiger partial charge in [-0.25, -0.2) is 0 Å². The lowest BCUT2D eigenvalue weighted by molar-refractivity contribution is 0.0939. The minimum absolute atomic E-state index is 0.127. The molecule has 176 valence electrons. The highest BCUT2D eigenvalue weighted by atomic mass is 16.2. The summed E-state index contributed by atoms with van der Waals surface area (Å²) in [5.41, 5.74) is 4.96. The van der Waals surface area contributed by atoms with Crippen molar-refractivity contribution < 1.29 is 9.59 Å². The SMILES string of the molecule is CCc1ccc(C(=O)Nc2ccc(N3CCCCC3)c(C(=O)NC(C)c3ccccc3)c2)cc1.